The van der Waals surface area contributed by atoms with Gasteiger partial charge in [0.1, 0.15) is 12.1 Å². The summed E-state index contributed by atoms with van der Waals surface area (Å²) in [7, 11) is 1.26. The van der Waals surface area contributed by atoms with Crippen LogP contribution in [0.3, 0.4) is 0 Å². The molecule has 6 nitrogen and oxygen atoms in total. The summed E-state index contributed by atoms with van der Waals surface area (Å²) in [6, 6.07) is 0.522. The summed E-state index contributed by atoms with van der Waals surface area (Å²) in [4.78, 5) is 8.18. The first-order valence-corrected chi connectivity index (χ1v) is 9.69. The van der Waals surface area contributed by atoms with E-state index in [0.29, 0.717) is 6.04 Å². The molecule has 1 aliphatic rings. The molecule has 3 rings (SSSR count). The fourth-order valence-electron chi connectivity index (χ4n) is 3.15. The number of nitrogens with one attached hydrogen (secondary N) is 1. The first-order chi connectivity index (χ1) is 14.9. The summed E-state index contributed by atoms with van der Waals surface area (Å²) >= 11 is 0. The lowest BCUT2D eigenvalue weighted by Crippen LogP contribution is -2.23. The van der Waals surface area contributed by atoms with E-state index in [1.165, 1.54) is 39.2 Å². The van der Waals surface area contributed by atoms with Crippen LogP contribution in [0.4, 0.5) is 27.8 Å². The van der Waals surface area contributed by atoms with E-state index in [9.17, 15) is 22.0 Å². The number of benzene rings is 1. The van der Waals surface area contributed by atoms with Crippen LogP contribution < -0.4 is 11.2 Å². The average molecular weight is 445 g/mol. The van der Waals surface area contributed by atoms with Crippen molar-refractivity contribution in [3.63, 3.8) is 0 Å². The Morgan fingerprint density at radius 2 is 1.68 bits per heavy atom. The fourth-order valence-corrected chi connectivity index (χ4v) is 3.15. The number of halogens is 5. The van der Waals surface area contributed by atoms with Gasteiger partial charge in [-0.25, -0.2) is 31.9 Å². The molecule has 1 aromatic heterocycles. The van der Waals surface area contributed by atoms with Crippen LogP contribution in [0.5, 0.6) is 0 Å². The Morgan fingerprint density at radius 1 is 1.06 bits per heavy atom. The van der Waals surface area contributed by atoms with Gasteiger partial charge in [-0.05, 0) is 12.8 Å². The molecule has 0 saturated heterocycles. The van der Waals surface area contributed by atoms with Crippen LogP contribution in [0.1, 0.15) is 43.2 Å². The van der Waals surface area contributed by atoms with Gasteiger partial charge in [-0.15, -0.1) is 0 Å². The van der Waals surface area contributed by atoms with Crippen molar-refractivity contribution in [3.05, 3.63) is 52.7 Å². The van der Waals surface area contributed by atoms with Crippen LogP contribution >= 0.6 is 0 Å². The maximum absolute atomic E-state index is 12.9. The number of hydrogen-bond donors (Lipinski definition) is 2. The lowest BCUT2D eigenvalue weighted by atomic mass is 9.95. The van der Waals surface area contributed by atoms with Crippen molar-refractivity contribution < 1.29 is 26.7 Å². The van der Waals surface area contributed by atoms with Crippen LogP contribution in [-0.2, 0) is 11.2 Å². The lowest BCUT2D eigenvalue weighted by Gasteiger charge is -2.23. The van der Waals surface area contributed by atoms with E-state index in [2.05, 4.69) is 25.1 Å². The highest BCUT2D eigenvalue weighted by molar-refractivity contribution is 5.85. The summed E-state index contributed by atoms with van der Waals surface area (Å²) < 4.78 is 68.2. The summed E-state index contributed by atoms with van der Waals surface area (Å²) in [5.41, 5.74) is -0.0103. The Kier molecular flexibility index (Phi) is 9.57. The minimum atomic E-state index is -2.15. The maximum Gasteiger partial charge on any atom is 0.200 e. The second kappa shape index (κ2) is 12.1. The van der Waals surface area contributed by atoms with Crippen LogP contribution in [0.25, 0.3) is 0 Å². The van der Waals surface area contributed by atoms with Crippen molar-refractivity contribution in [2.45, 2.75) is 44.6 Å². The Bertz CT molecular complexity index is 861. The monoisotopic (exact) mass is 445 g/mol. The average Bonchev–Trinajstić information content (AvgIpc) is 2.79. The second-order valence-electron chi connectivity index (χ2n) is 6.88. The van der Waals surface area contributed by atoms with E-state index in [1.54, 1.807) is 18.7 Å². The van der Waals surface area contributed by atoms with Gasteiger partial charge in [-0.1, -0.05) is 19.3 Å². The number of anilines is 1. The van der Waals surface area contributed by atoms with Crippen LogP contribution in [0.15, 0.2) is 17.6 Å². The highest BCUT2D eigenvalue weighted by Gasteiger charge is 2.25. The molecule has 170 valence electrons. The Morgan fingerprint density at radius 3 is 2.26 bits per heavy atom. The first kappa shape index (κ1) is 24.4. The highest BCUT2D eigenvalue weighted by atomic mass is 19.2. The second-order valence-corrected chi connectivity index (χ2v) is 6.88. The number of hydrazone groups is 1. The standard InChI is InChI=1S/C11H17N5.C9H7F5O/c12-15-7-9-6-13-8-14-11(9)16-10-4-2-1-3-5-10;1-15-3-2-4-5(10)7(12)9(14)8(13)6(4)11/h6-8,10H,1-5,12H2,(H,13,14,16);2-3H2,1H3/b15-7-;. The predicted molar refractivity (Wildman–Crippen MR) is 106 cm³/mol. The summed E-state index contributed by atoms with van der Waals surface area (Å²) in [5, 5.41) is 6.95. The topological polar surface area (TPSA) is 85.4 Å². The summed E-state index contributed by atoms with van der Waals surface area (Å²) in [6.07, 6.45) is 10.8. The number of nitrogens with two attached hydrogens (primary N) is 1. The Hall–Kier alpha value is -2.82. The van der Waals surface area contributed by atoms with Gasteiger partial charge < -0.3 is 15.9 Å². The van der Waals surface area contributed by atoms with E-state index in [0.717, 1.165) is 11.4 Å². The zero-order valence-corrected chi connectivity index (χ0v) is 17.0. The molecular formula is C20H24F5N5O. The molecule has 0 radical (unpaired) electrons. The number of methoxy groups -OCH3 is 1. The fraction of sp³-hybridized carbons (Fsp3) is 0.450. The molecule has 1 heterocycles. The molecule has 0 bridgehead atoms. The Labute approximate surface area is 176 Å². The lowest BCUT2D eigenvalue weighted by molar-refractivity contribution is 0.199. The quantitative estimate of drug-likeness (QED) is 0.175. The van der Waals surface area contributed by atoms with Crippen molar-refractivity contribution in [3.8, 4) is 0 Å². The molecule has 11 heteroatoms. The molecule has 3 N–H and O–H groups in total. The maximum atomic E-state index is 12.9. The summed E-state index contributed by atoms with van der Waals surface area (Å²) in [5.74, 6) is -3.63. The van der Waals surface area contributed by atoms with E-state index in [4.69, 9.17) is 5.84 Å². The number of nitrogens with zero attached hydrogens (tertiary/aromatic N) is 3. The zero-order valence-electron chi connectivity index (χ0n) is 17.0. The van der Waals surface area contributed by atoms with Gasteiger partial charge in [0, 0.05) is 31.3 Å². The molecule has 0 aliphatic heterocycles. The third kappa shape index (κ3) is 6.58. The smallest absolute Gasteiger partial charge is 0.200 e. The summed E-state index contributed by atoms with van der Waals surface area (Å²) in [6.45, 7) is -0.127. The van der Waals surface area contributed by atoms with Crippen LogP contribution in [0.2, 0.25) is 0 Å². The van der Waals surface area contributed by atoms with Gasteiger partial charge in [0.05, 0.1) is 18.4 Å². The Balaban J connectivity index is 0.000000221. The molecule has 0 amide bonds. The molecule has 31 heavy (non-hydrogen) atoms. The SMILES string of the molecule is COCCc1c(F)c(F)c(F)c(F)c1F.N/N=C\c1cncnc1NC1CCCCC1. The first-order valence-electron chi connectivity index (χ1n) is 9.69. The van der Waals surface area contributed by atoms with E-state index in [-0.39, 0.29) is 13.0 Å². The van der Waals surface area contributed by atoms with Crippen molar-refractivity contribution in [1.82, 2.24) is 9.97 Å². The highest BCUT2D eigenvalue weighted by Crippen LogP contribution is 2.23. The van der Waals surface area contributed by atoms with Gasteiger partial charge in [-0.2, -0.15) is 5.10 Å². The van der Waals surface area contributed by atoms with Crippen molar-refractivity contribution in [2.75, 3.05) is 19.0 Å². The third-order valence-corrected chi connectivity index (χ3v) is 4.76. The van der Waals surface area contributed by atoms with Gasteiger partial charge in [-0.3, -0.25) is 0 Å². The van der Waals surface area contributed by atoms with Gasteiger partial charge in [0.2, 0.25) is 5.82 Å². The number of hydrogen-bond acceptors (Lipinski definition) is 6. The number of rotatable bonds is 6. The molecule has 1 fully saturated rings. The van der Waals surface area contributed by atoms with Crippen molar-refractivity contribution in [1.29, 1.82) is 0 Å². The van der Waals surface area contributed by atoms with Crippen molar-refractivity contribution in [2.24, 2.45) is 10.9 Å². The third-order valence-electron chi connectivity index (χ3n) is 4.76. The van der Waals surface area contributed by atoms with E-state index >= 15 is 0 Å². The van der Waals surface area contributed by atoms with E-state index in [1.807, 2.05) is 0 Å². The molecule has 0 atom stereocenters. The molecule has 2 aromatic rings. The molecule has 1 aromatic carbocycles. The van der Waals surface area contributed by atoms with Gasteiger partial charge >= 0.3 is 0 Å². The molecule has 1 saturated carbocycles. The van der Waals surface area contributed by atoms with Crippen LogP contribution in [-0.4, -0.2) is 35.9 Å². The van der Waals surface area contributed by atoms with Crippen molar-refractivity contribution >= 4 is 12.0 Å². The van der Waals surface area contributed by atoms with Gasteiger partial charge in [0.25, 0.3) is 0 Å². The molecule has 0 unspecified atom stereocenters. The van der Waals surface area contributed by atoms with Crippen LogP contribution in [0, 0.1) is 29.1 Å². The zero-order chi connectivity index (χ0) is 22.8. The normalized spacial score (nSPS) is 14.4. The number of ether oxygens (including phenoxy) is 1. The molecule has 0 spiro atoms. The minimum Gasteiger partial charge on any atom is -0.384 e. The largest absolute Gasteiger partial charge is 0.384 e. The molecular weight excluding hydrogens is 421 g/mol. The molecule has 1 aliphatic carbocycles. The van der Waals surface area contributed by atoms with E-state index < -0.39 is 34.6 Å². The minimum absolute atomic E-state index is 0.127. The predicted octanol–water partition coefficient (Wildman–Crippen LogP) is 4.08. The van der Waals surface area contributed by atoms with Gasteiger partial charge in [0.15, 0.2) is 23.3 Å². The number of aromatic nitrogens is 2.